The van der Waals surface area contributed by atoms with E-state index in [0.29, 0.717) is 17.3 Å². The number of rotatable bonds is 3. The van der Waals surface area contributed by atoms with Crippen LogP contribution in [-0.2, 0) is 0 Å². The lowest BCUT2D eigenvalue weighted by atomic mass is 10.0. The molecule has 5 nitrogen and oxygen atoms in total. The van der Waals surface area contributed by atoms with Crippen LogP contribution >= 0.6 is 0 Å². The minimum absolute atomic E-state index is 0.0313. The summed E-state index contributed by atoms with van der Waals surface area (Å²) < 4.78 is 13.9. The van der Waals surface area contributed by atoms with Crippen LogP contribution in [0, 0.1) is 5.82 Å². The van der Waals surface area contributed by atoms with Gasteiger partial charge in [-0.15, -0.1) is 0 Å². The van der Waals surface area contributed by atoms with E-state index in [1.807, 2.05) is 0 Å². The average Bonchev–Trinajstić information content (AvgIpc) is 3.23. The molecule has 2 fully saturated rings. The number of nitrogens with two attached hydrogens (primary N) is 1. The van der Waals surface area contributed by atoms with Crippen molar-refractivity contribution in [3.63, 3.8) is 0 Å². The van der Waals surface area contributed by atoms with Crippen LogP contribution in [0.5, 0.6) is 0 Å². The Labute approximate surface area is 152 Å². The van der Waals surface area contributed by atoms with Crippen molar-refractivity contribution in [3.05, 3.63) is 41.2 Å². The van der Waals surface area contributed by atoms with Gasteiger partial charge in [0.05, 0.1) is 11.1 Å². The highest BCUT2D eigenvalue weighted by molar-refractivity contribution is 6.15. The van der Waals surface area contributed by atoms with Crippen LogP contribution in [0.4, 0.5) is 4.39 Å². The van der Waals surface area contributed by atoms with Gasteiger partial charge in [-0.25, -0.2) is 4.39 Å². The summed E-state index contributed by atoms with van der Waals surface area (Å²) in [5.41, 5.74) is 6.37. The van der Waals surface area contributed by atoms with E-state index in [2.05, 4.69) is 11.5 Å². The molecule has 2 N–H and O–H groups in total. The molecule has 2 amide bonds. The molecule has 2 heterocycles. The zero-order valence-corrected chi connectivity index (χ0v) is 14.8. The van der Waals surface area contributed by atoms with Gasteiger partial charge in [0.25, 0.3) is 5.91 Å². The van der Waals surface area contributed by atoms with Crippen LogP contribution in [0.1, 0.15) is 64.8 Å². The largest absolute Gasteiger partial charge is 0.366 e. The lowest BCUT2D eigenvalue weighted by Gasteiger charge is -2.39. The molecule has 138 valence electrons. The Kier molecular flexibility index (Phi) is 4.31. The van der Waals surface area contributed by atoms with Gasteiger partial charge in [-0.1, -0.05) is 19.4 Å². The normalized spacial score (nSPS) is 22.3. The van der Waals surface area contributed by atoms with E-state index >= 15 is 0 Å². The molecule has 0 unspecified atom stereocenters. The summed E-state index contributed by atoms with van der Waals surface area (Å²) >= 11 is 0. The van der Waals surface area contributed by atoms with Gasteiger partial charge in [-0.3, -0.25) is 9.59 Å². The van der Waals surface area contributed by atoms with Gasteiger partial charge in [0.15, 0.2) is 0 Å². The van der Waals surface area contributed by atoms with Crippen molar-refractivity contribution in [2.75, 3.05) is 13.1 Å². The maximum Gasteiger partial charge on any atom is 0.260 e. The van der Waals surface area contributed by atoms with E-state index in [4.69, 9.17) is 5.73 Å². The number of benzene rings is 1. The molecule has 1 saturated heterocycles. The monoisotopic (exact) mass is 357 g/mol. The summed E-state index contributed by atoms with van der Waals surface area (Å²) in [5, 5.41) is 0. The standard InChI is InChI=1S/C20H24FN3O2/c1-12-16-10-13(21)11-17(19(22)25)18(16)20(26)24(12)15-6-8-23(9-7-15)14-4-2-3-5-14/h10-11,14-15H,1-9H2,(H2,22,25). The number of amides is 2. The van der Waals surface area contributed by atoms with Gasteiger partial charge in [0, 0.05) is 36.4 Å². The van der Waals surface area contributed by atoms with Gasteiger partial charge in [0.1, 0.15) is 5.82 Å². The van der Waals surface area contributed by atoms with Crippen molar-refractivity contribution in [3.8, 4) is 0 Å². The van der Waals surface area contributed by atoms with Crippen LogP contribution in [0.25, 0.3) is 5.70 Å². The zero-order valence-electron chi connectivity index (χ0n) is 14.8. The molecule has 1 aromatic rings. The molecule has 26 heavy (non-hydrogen) atoms. The summed E-state index contributed by atoms with van der Waals surface area (Å²) in [5.74, 6) is -1.65. The molecular formula is C20H24FN3O2. The number of hydrogen-bond acceptors (Lipinski definition) is 3. The third kappa shape index (κ3) is 2.72. The number of fused-ring (bicyclic) bond motifs is 1. The van der Waals surface area contributed by atoms with Crippen LogP contribution in [-0.4, -0.2) is 46.8 Å². The van der Waals surface area contributed by atoms with Crippen molar-refractivity contribution in [1.82, 2.24) is 9.80 Å². The summed E-state index contributed by atoms with van der Waals surface area (Å²) in [6, 6.07) is 3.03. The van der Waals surface area contributed by atoms with Crippen molar-refractivity contribution >= 4 is 17.5 Å². The number of hydrogen-bond donors (Lipinski definition) is 1. The first-order chi connectivity index (χ1) is 12.5. The summed E-state index contributed by atoms with van der Waals surface area (Å²) in [7, 11) is 0. The Morgan fingerprint density at radius 1 is 1.12 bits per heavy atom. The van der Waals surface area contributed by atoms with Crippen molar-refractivity contribution in [1.29, 1.82) is 0 Å². The quantitative estimate of drug-likeness (QED) is 0.904. The molecule has 0 spiro atoms. The molecule has 0 aromatic heterocycles. The molecule has 1 aliphatic carbocycles. The molecule has 1 aromatic carbocycles. The predicted molar refractivity (Wildman–Crippen MR) is 97.0 cm³/mol. The Morgan fingerprint density at radius 2 is 1.77 bits per heavy atom. The first kappa shape index (κ1) is 17.2. The molecule has 0 radical (unpaired) electrons. The van der Waals surface area contributed by atoms with Gasteiger partial charge in [-0.05, 0) is 37.8 Å². The fourth-order valence-corrected chi connectivity index (χ4v) is 4.80. The highest BCUT2D eigenvalue weighted by Crippen LogP contribution is 2.38. The van der Waals surface area contributed by atoms with Gasteiger partial charge < -0.3 is 15.5 Å². The maximum absolute atomic E-state index is 13.9. The molecule has 0 bridgehead atoms. The molecule has 2 aliphatic heterocycles. The lowest BCUT2D eigenvalue weighted by Crippen LogP contribution is -2.47. The third-order valence-electron chi connectivity index (χ3n) is 6.11. The van der Waals surface area contributed by atoms with Gasteiger partial charge in [0.2, 0.25) is 5.91 Å². The Hall–Kier alpha value is -2.21. The number of halogens is 1. The summed E-state index contributed by atoms with van der Waals surface area (Å²) in [6.07, 6.45) is 6.89. The second kappa shape index (κ2) is 6.50. The van der Waals surface area contributed by atoms with Crippen LogP contribution in [0.3, 0.4) is 0 Å². The fraction of sp³-hybridized carbons (Fsp3) is 0.500. The number of nitrogens with zero attached hydrogens (tertiary/aromatic N) is 2. The molecule has 6 heteroatoms. The Bertz CT molecular complexity index is 778. The second-order valence-electron chi connectivity index (χ2n) is 7.57. The fourth-order valence-electron chi connectivity index (χ4n) is 4.80. The van der Waals surface area contributed by atoms with E-state index in [9.17, 15) is 14.0 Å². The third-order valence-corrected chi connectivity index (χ3v) is 6.11. The number of likely N-dealkylation sites (tertiary alicyclic amines) is 1. The van der Waals surface area contributed by atoms with Crippen molar-refractivity contribution in [2.24, 2.45) is 5.73 Å². The predicted octanol–water partition coefficient (Wildman–Crippen LogP) is 2.76. The van der Waals surface area contributed by atoms with E-state index in [1.54, 1.807) is 4.90 Å². The number of carbonyl (C=O) groups is 2. The van der Waals surface area contributed by atoms with Crippen LogP contribution in [0.2, 0.25) is 0 Å². The Balaban J connectivity index is 1.55. The van der Waals surface area contributed by atoms with E-state index in [-0.39, 0.29) is 23.1 Å². The highest BCUT2D eigenvalue weighted by atomic mass is 19.1. The SMILES string of the molecule is C=C1c2cc(F)cc(C(N)=O)c2C(=O)N1C1CCN(C2CCCC2)CC1. The smallest absolute Gasteiger partial charge is 0.260 e. The zero-order chi connectivity index (χ0) is 18.4. The first-order valence-electron chi connectivity index (χ1n) is 9.37. The van der Waals surface area contributed by atoms with Crippen molar-refractivity contribution in [2.45, 2.75) is 50.6 Å². The molecular weight excluding hydrogens is 333 g/mol. The molecule has 1 saturated carbocycles. The second-order valence-corrected chi connectivity index (χ2v) is 7.57. The minimum atomic E-state index is -0.792. The Morgan fingerprint density at radius 3 is 2.38 bits per heavy atom. The van der Waals surface area contributed by atoms with Crippen LogP contribution in [0.15, 0.2) is 18.7 Å². The first-order valence-corrected chi connectivity index (χ1v) is 9.37. The molecule has 0 atom stereocenters. The number of primary amides is 1. The highest BCUT2D eigenvalue weighted by Gasteiger charge is 2.40. The van der Waals surface area contributed by atoms with Gasteiger partial charge >= 0.3 is 0 Å². The summed E-state index contributed by atoms with van der Waals surface area (Å²) in [6.45, 7) is 5.93. The summed E-state index contributed by atoms with van der Waals surface area (Å²) in [4.78, 5) is 28.9. The minimum Gasteiger partial charge on any atom is -0.366 e. The maximum atomic E-state index is 13.9. The van der Waals surface area contributed by atoms with E-state index in [0.717, 1.165) is 32.0 Å². The molecule has 3 aliphatic rings. The van der Waals surface area contributed by atoms with E-state index < -0.39 is 11.7 Å². The van der Waals surface area contributed by atoms with Crippen LogP contribution < -0.4 is 5.73 Å². The topological polar surface area (TPSA) is 66.6 Å². The number of piperidine rings is 1. The van der Waals surface area contributed by atoms with E-state index in [1.165, 1.54) is 31.7 Å². The average molecular weight is 357 g/mol. The van der Waals surface area contributed by atoms with Crippen molar-refractivity contribution < 1.29 is 14.0 Å². The lowest BCUT2D eigenvalue weighted by molar-refractivity contribution is 0.0692. The molecule has 4 rings (SSSR count). The van der Waals surface area contributed by atoms with Gasteiger partial charge in [-0.2, -0.15) is 0 Å². The number of carbonyl (C=O) groups excluding carboxylic acids is 2.